The van der Waals surface area contributed by atoms with Gasteiger partial charge < -0.3 is 0 Å². The van der Waals surface area contributed by atoms with Crippen molar-refractivity contribution in [1.82, 2.24) is 9.78 Å². The third kappa shape index (κ3) is 2.73. The van der Waals surface area contributed by atoms with E-state index in [2.05, 4.69) is 10.5 Å². The van der Waals surface area contributed by atoms with Crippen molar-refractivity contribution in [3.8, 4) is 5.69 Å². The fourth-order valence-electron chi connectivity index (χ4n) is 2.18. The van der Waals surface area contributed by atoms with Gasteiger partial charge in [0, 0.05) is 0 Å². The number of nitrogens with zero attached hydrogens (tertiary/aromatic N) is 1. The molecule has 5 nitrogen and oxygen atoms in total. The van der Waals surface area contributed by atoms with E-state index in [0.717, 1.165) is 17.1 Å². The number of hydrogen-bond donors (Lipinski definition) is 3. The Morgan fingerprint density at radius 2 is 1.62 bits per heavy atom. The molecule has 3 aromatic rings. The van der Waals surface area contributed by atoms with Crippen molar-refractivity contribution in [2.75, 3.05) is 5.43 Å². The van der Waals surface area contributed by atoms with Gasteiger partial charge in [0.05, 0.1) is 17.1 Å². The van der Waals surface area contributed by atoms with Crippen LogP contribution >= 0.6 is 0 Å². The van der Waals surface area contributed by atoms with Gasteiger partial charge in [-0.15, -0.1) is 0 Å². The molecular formula is C16H17N4O+. The largest absolute Gasteiger partial charge is 0.335 e. The van der Waals surface area contributed by atoms with Crippen LogP contribution in [0.5, 0.6) is 0 Å². The summed E-state index contributed by atoms with van der Waals surface area (Å²) in [6, 6.07) is 19.3. The molecule has 0 atom stereocenters. The van der Waals surface area contributed by atoms with Crippen LogP contribution in [0.25, 0.3) is 5.69 Å². The number of aryl methyl sites for hydroxylation is 1. The van der Waals surface area contributed by atoms with Gasteiger partial charge in [-0.3, -0.25) is 9.89 Å². The first-order valence-electron chi connectivity index (χ1n) is 6.77. The van der Waals surface area contributed by atoms with Gasteiger partial charge in [0.25, 0.3) is 0 Å². The fraction of sp³-hybridized carbons (Fsp3) is 0.0625. The van der Waals surface area contributed by atoms with Gasteiger partial charge >= 0.3 is 5.56 Å². The van der Waals surface area contributed by atoms with Gasteiger partial charge in [0.2, 0.25) is 5.69 Å². The number of para-hydroxylation sites is 2. The molecule has 0 fully saturated rings. The molecule has 0 unspecified atom stereocenters. The zero-order chi connectivity index (χ0) is 14.7. The van der Waals surface area contributed by atoms with Gasteiger partial charge in [0.15, 0.2) is 0 Å². The van der Waals surface area contributed by atoms with E-state index in [-0.39, 0.29) is 5.56 Å². The second-order valence-corrected chi connectivity index (χ2v) is 4.78. The second-order valence-electron chi connectivity index (χ2n) is 4.78. The Hall–Kier alpha value is -2.79. The van der Waals surface area contributed by atoms with E-state index in [9.17, 15) is 4.79 Å². The van der Waals surface area contributed by atoms with E-state index in [4.69, 9.17) is 0 Å². The molecule has 5 heteroatoms. The fourth-order valence-corrected chi connectivity index (χ4v) is 2.18. The molecule has 0 aliphatic carbocycles. The lowest BCUT2D eigenvalue weighted by molar-refractivity contribution is -0.539. The molecule has 0 aliphatic rings. The maximum Gasteiger partial charge on any atom is 0.335 e. The number of benzene rings is 2. The number of rotatable bonds is 4. The van der Waals surface area contributed by atoms with Gasteiger partial charge in [-0.25, -0.2) is 15.5 Å². The molecule has 0 aliphatic heterocycles. The van der Waals surface area contributed by atoms with Gasteiger partial charge in [-0.2, -0.15) is 0 Å². The van der Waals surface area contributed by atoms with Crippen LogP contribution < -0.4 is 16.4 Å². The number of aromatic amines is 1. The Balaban J connectivity index is 1.87. The van der Waals surface area contributed by atoms with Crippen molar-refractivity contribution in [2.45, 2.75) is 6.92 Å². The maximum absolute atomic E-state index is 12.5. The lowest BCUT2D eigenvalue weighted by Gasteiger charge is -2.01. The molecule has 0 radical (unpaired) electrons. The average Bonchev–Trinajstić information content (AvgIpc) is 2.82. The average molecular weight is 281 g/mol. The Morgan fingerprint density at radius 3 is 2.29 bits per heavy atom. The molecule has 0 saturated heterocycles. The summed E-state index contributed by atoms with van der Waals surface area (Å²) in [5.74, 6) is 0. The summed E-state index contributed by atoms with van der Waals surface area (Å²) in [6.45, 7) is 1.89. The number of nitrogen functional groups attached to an aromatic ring is 1. The van der Waals surface area contributed by atoms with Crippen LogP contribution in [0.15, 0.2) is 65.5 Å². The SMILES string of the molecule is Cc1[nH]n(-c2ccccc2)c(=O)c1[NH2+]Nc1ccccc1. The summed E-state index contributed by atoms with van der Waals surface area (Å²) in [6.07, 6.45) is 0. The Labute approximate surface area is 122 Å². The van der Waals surface area contributed by atoms with Crippen molar-refractivity contribution in [3.63, 3.8) is 0 Å². The Kier molecular flexibility index (Phi) is 3.57. The van der Waals surface area contributed by atoms with Crippen LogP contribution in [0.4, 0.5) is 11.4 Å². The number of quaternary nitrogens is 1. The van der Waals surface area contributed by atoms with Gasteiger partial charge in [-0.05, 0) is 31.2 Å². The van der Waals surface area contributed by atoms with E-state index in [1.165, 1.54) is 0 Å². The van der Waals surface area contributed by atoms with Crippen LogP contribution in [0.1, 0.15) is 5.69 Å². The number of anilines is 1. The van der Waals surface area contributed by atoms with E-state index < -0.39 is 0 Å². The van der Waals surface area contributed by atoms with Crippen LogP contribution in [-0.4, -0.2) is 9.78 Å². The van der Waals surface area contributed by atoms with Crippen molar-refractivity contribution in [2.24, 2.45) is 0 Å². The highest BCUT2D eigenvalue weighted by atomic mass is 16.1. The molecule has 0 spiro atoms. The van der Waals surface area contributed by atoms with Gasteiger partial charge in [0.1, 0.15) is 0 Å². The Morgan fingerprint density at radius 1 is 1.00 bits per heavy atom. The zero-order valence-corrected chi connectivity index (χ0v) is 11.7. The number of nitrogens with two attached hydrogens (primary N) is 1. The minimum atomic E-state index is -0.0675. The molecule has 3 rings (SSSR count). The first-order chi connectivity index (χ1) is 10.3. The topological polar surface area (TPSA) is 66.4 Å². The quantitative estimate of drug-likeness (QED) is 0.503. The Bertz CT molecular complexity index is 775. The lowest BCUT2D eigenvalue weighted by atomic mass is 10.3. The molecule has 0 saturated carbocycles. The monoisotopic (exact) mass is 281 g/mol. The van der Waals surface area contributed by atoms with Crippen LogP contribution in [0.3, 0.4) is 0 Å². The lowest BCUT2D eigenvalue weighted by Crippen LogP contribution is -2.84. The highest BCUT2D eigenvalue weighted by molar-refractivity contribution is 5.42. The highest BCUT2D eigenvalue weighted by Crippen LogP contribution is 2.07. The van der Waals surface area contributed by atoms with Crippen LogP contribution in [0, 0.1) is 6.92 Å². The summed E-state index contributed by atoms with van der Waals surface area (Å²) in [4.78, 5) is 12.5. The standard InChI is InChI=1S/C16H16N4O/c1-12-15(18-17-13-8-4-2-5-9-13)16(21)20(19-12)14-10-6-3-7-11-14/h2-11,17-19H,1H3/p+1. The first-order valence-corrected chi connectivity index (χ1v) is 6.77. The van der Waals surface area contributed by atoms with Crippen molar-refractivity contribution in [3.05, 3.63) is 76.7 Å². The van der Waals surface area contributed by atoms with E-state index in [0.29, 0.717) is 5.69 Å². The minimum Gasteiger partial charge on any atom is -0.289 e. The number of nitrogens with one attached hydrogen (secondary N) is 2. The van der Waals surface area contributed by atoms with E-state index in [1.54, 1.807) is 10.1 Å². The molecule has 21 heavy (non-hydrogen) atoms. The number of hydrogen-bond acceptors (Lipinski definition) is 2. The summed E-state index contributed by atoms with van der Waals surface area (Å²) in [5.41, 5.74) is 8.05. The molecule has 0 amide bonds. The molecule has 2 aromatic carbocycles. The number of aromatic nitrogens is 2. The maximum atomic E-state index is 12.5. The predicted octanol–water partition coefficient (Wildman–Crippen LogP) is 1.70. The summed E-state index contributed by atoms with van der Waals surface area (Å²) >= 11 is 0. The highest BCUT2D eigenvalue weighted by Gasteiger charge is 2.15. The smallest absolute Gasteiger partial charge is 0.289 e. The molecule has 0 bridgehead atoms. The third-order valence-electron chi connectivity index (χ3n) is 3.29. The number of H-pyrrole nitrogens is 1. The van der Waals surface area contributed by atoms with Crippen LogP contribution in [-0.2, 0) is 0 Å². The van der Waals surface area contributed by atoms with Crippen molar-refractivity contribution >= 4 is 11.4 Å². The molecular weight excluding hydrogens is 264 g/mol. The normalized spacial score (nSPS) is 10.5. The van der Waals surface area contributed by atoms with Crippen molar-refractivity contribution in [1.29, 1.82) is 0 Å². The summed E-state index contributed by atoms with van der Waals surface area (Å²) in [5, 5.41) is 3.10. The molecule has 1 aromatic heterocycles. The third-order valence-corrected chi connectivity index (χ3v) is 3.29. The second kappa shape index (κ2) is 5.68. The molecule has 1 heterocycles. The summed E-state index contributed by atoms with van der Waals surface area (Å²) < 4.78 is 1.55. The predicted molar refractivity (Wildman–Crippen MR) is 82.8 cm³/mol. The first kappa shape index (κ1) is 13.2. The van der Waals surface area contributed by atoms with Crippen LogP contribution in [0.2, 0.25) is 0 Å². The zero-order valence-electron chi connectivity index (χ0n) is 11.7. The van der Waals surface area contributed by atoms with E-state index in [1.807, 2.05) is 67.6 Å². The van der Waals surface area contributed by atoms with E-state index >= 15 is 0 Å². The minimum absolute atomic E-state index is 0.0675. The molecule has 4 N–H and O–H groups in total. The van der Waals surface area contributed by atoms with Gasteiger partial charge in [-0.1, -0.05) is 36.4 Å². The van der Waals surface area contributed by atoms with Crippen molar-refractivity contribution < 1.29 is 5.43 Å². The summed E-state index contributed by atoms with van der Waals surface area (Å²) in [7, 11) is 0. The molecule has 106 valence electrons.